The van der Waals surface area contributed by atoms with Gasteiger partial charge in [-0.2, -0.15) is 0 Å². The highest BCUT2D eigenvalue weighted by atomic mass is 16.5. The number of rotatable bonds is 7. The lowest BCUT2D eigenvalue weighted by atomic mass is 10.0. The number of ether oxygens (including phenoxy) is 1. The van der Waals surface area contributed by atoms with Gasteiger partial charge in [-0.15, -0.1) is 0 Å². The first-order valence-corrected chi connectivity index (χ1v) is 8.33. The standard InChI is InChI=1S/C18H30N2O/c1-4-21-18-9-11-20(12-10-18)14-17-8-6-5-7-16(17)13-19-15(2)3/h5-8,15,18-19H,4,9-14H2,1-3H3. The zero-order valence-corrected chi connectivity index (χ0v) is 13.8. The van der Waals surface area contributed by atoms with E-state index in [2.05, 4.69) is 55.3 Å². The second kappa shape index (κ2) is 8.52. The van der Waals surface area contributed by atoms with Crippen LogP contribution in [0.4, 0.5) is 0 Å². The van der Waals surface area contributed by atoms with Crippen LogP contribution in [0.3, 0.4) is 0 Å². The van der Waals surface area contributed by atoms with E-state index in [9.17, 15) is 0 Å². The SMILES string of the molecule is CCOC1CCN(Cc2ccccc2CNC(C)C)CC1. The molecule has 1 aliphatic heterocycles. The molecular formula is C18H30N2O. The van der Waals surface area contributed by atoms with Crippen LogP contribution in [0.5, 0.6) is 0 Å². The van der Waals surface area contributed by atoms with Gasteiger partial charge in [-0.3, -0.25) is 4.90 Å². The van der Waals surface area contributed by atoms with Gasteiger partial charge in [0.05, 0.1) is 6.10 Å². The van der Waals surface area contributed by atoms with E-state index in [4.69, 9.17) is 4.74 Å². The molecule has 0 radical (unpaired) electrons. The van der Waals surface area contributed by atoms with Crippen molar-refractivity contribution in [2.75, 3.05) is 19.7 Å². The smallest absolute Gasteiger partial charge is 0.0599 e. The molecule has 1 saturated heterocycles. The van der Waals surface area contributed by atoms with Gasteiger partial charge in [0.1, 0.15) is 0 Å². The fourth-order valence-electron chi connectivity index (χ4n) is 2.91. The van der Waals surface area contributed by atoms with Crippen molar-refractivity contribution in [1.29, 1.82) is 0 Å². The highest BCUT2D eigenvalue weighted by molar-refractivity contribution is 5.27. The lowest BCUT2D eigenvalue weighted by Crippen LogP contribution is -2.37. The summed E-state index contributed by atoms with van der Waals surface area (Å²) in [5.74, 6) is 0. The zero-order valence-electron chi connectivity index (χ0n) is 13.8. The maximum atomic E-state index is 5.73. The van der Waals surface area contributed by atoms with Crippen LogP contribution in [-0.4, -0.2) is 36.7 Å². The molecule has 0 aliphatic carbocycles. The summed E-state index contributed by atoms with van der Waals surface area (Å²) in [4.78, 5) is 2.56. The normalized spacial score (nSPS) is 17.5. The molecule has 0 aromatic heterocycles. The topological polar surface area (TPSA) is 24.5 Å². The highest BCUT2D eigenvalue weighted by Gasteiger charge is 2.19. The average molecular weight is 290 g/mol. The van der Waals surface area contributed by atoms with E-state index in [1.54, 1.807) is 0 Å². The Morgan fingerprint density at radius 2 is 1.86 bits per heavy atom. The predicted octanol–water partition coefficient (Wildman–Crippen LogP) is 3.19. The van der Waals surface area contributed by atoms with Gasteiger partial charge in [-0.1, -0.05) is 38.1 Å². The molecule has 1 N–H and O–H groups in total. The Kier molecular flexibility index (Phi) is 6.68. The fourth-order valence-corrected chi connectivity index (χ4v) is 2.91. The minimum absolute atomic E-state index is 0.476. The number of hydrogen-bond acceptors (Lipinski definition) is 3. The van der Waals surface area contributed by atoms with Crippen LogP contribution in [0.1, 0.15) is 44.7 Å². The van der Waals surface area contributed by atoms with E-state index in [1.165, 1.54) is 24.0 Å². The van der Waals surface area contributed by atoms with Gasteiger partial charge in [-0.25, -0.2) is 0 Å². The number of hydrogen-bond donors (Lipinski definition) is 1. The first kappa shape index (κ1) is 16.5. The van der Waals surface area contributed by atoms with E-state index in [0.29, 0.717) is 12.1 Å². The molecule has 1 aliphatic rings. The van der Waals surface area contributed by atoms with Gasteiger partial charge < -0.3 is 10.1 Å². The Balaban J connectivity index is 1.88. The van der Waals surface area contributed by atoms with Gasteiger partial charge in [0.25, 0.3) is 0 Å². The lowest BCUT2D eigenvalue weighted by Gasteiger charge is -2.32. The van der Waals surface area contributed by atoms with Gasteiger partial charge in [0.2, 0.25) is 0 Å². The van der Waals surface area contributed by atoms with Crippen molar-refractivity contribution in [2.45, 2.75) is 58.8 Å². The van der Waals surface area contributed by atoms with Crippen LogP contribution in [-0.2, 0) is 17.8 Å². The average Bonchev–Trinajstić information content (AvgIpc) is 2.48. The number of benzene rings is 1. The van der Waals surface area contributed by atoms with Gasteiger partial charge >= 0.3 is 0 Å². The van der Waals surface area contributed by atoms with Crippen molar-refractivity contribution >= 4 is 0 Å². The molecule has 0 bridgehead atoms. The summed E-state index contributed by atoms with van der Waals surface area (Å²) in [6.07, 6.45) is 2.81. The second-order valence-electron chi connectivity index (χ2n) is 6.24. The third kappa shape index (κ3) is 5.42. The molecule has 1 heterocycles. The largest absolute Gasteiger partial charge is 0.378 e. The Morgan fingerprint density at radius 1 is 1.19 bits per heavy atom. The fraction of sp³-hybridized carbons (Fsp3) is 0.667. The van der Waals surface area contributed by atoms with Gasteiger partial charge in [0.15, 0.2) is 0 Å². The summed E-state index contributed by atoms with van der Waals surface area (Å²) in [6.45, 7) is 11.6. The third-order valence-corrected chi connectivity index (χ3v) is 4.15. The minimum Gasteiger partial charge on any atom is -0.378 e. The van der Waals surface area contributed by atoms with E-state index < -0.39 is 0 Å². The highest BCUT2D eigenvalue weighted by Crippen LogP contribution is 2.18. The van der Waals surface area contributed by atoms with Crippen LogP contribution < -0.4 is 5.32 Å². The van der Waals surface area contributed by atoms with Crippen LogP contribution in [0, 0.1) is 0 Å². The monoisotopic (exact) mass is 290 g/mol. The molecule has 118 valence electrons. The Hall–Kier alpha value is -0.900. The van der Waals surface area contributed by atoms with Crippen LogP contribution >= 0.6 is 0 Å². The van der Waals surface area contributed by atoms with Crippen LogP contribution in [0.15, 0.2) is 24.3 Å². The summed E-state index contributed by atoms with van der Waals surface area (Å²) in [5, 5.41) is 3.52. The molecule has 0 atom stereocenters. The summed E-state index contributed by atoms with van der Waals surface area (Å²) in [7, 11) is 0. The van der Waals surface area contributed by atoms with Crippen molar-refractivity contribution in [3.05, 3.63) is 35.4 Å². The van der Waals surface area contributed by atoms with E-state index in [1.807, 2.05) is 0 Å². The van der Waals surface area contributed by atoms with Crippen molar-refractivity contribution < 1.29 is 4.74 Å². The van der Waals surface area contributed by atoms with Crippen LogP contribution in [0.2, 0.25) is 0 Å². The van der Waals surface area contributed by atoms with Crippen LogP contribution in [0.25, 0.3) is 0 Å². The molecule has 0 spiro atoms. The van der Waals surface area contributed by atoms with E-state index >= 15 is 0 Å². The molecule has 21 heavy (non-hydrogen) atoms. The third-order valence-electron chi connectivity index (χ3n) is 4.15. The molecule has 0 saturated carbocycles. The van der Waals surface area contributed by atoms with Crippen molar-refractivity contribution in [3.8, 4) is 0 Å². The van der Waals surface area contributed by atoms with E-state index in [-0.39, 0.29) is 0 Å². The van der Waals surface area contributed by atoms with E-state index in [0.717, 1.165) is 32.8 Å². The van der Waals surface area contributed by atoms with Crippen molar-refractivity contribution in [2.24, 2.45) is 0 Å². The predicted molar refractivity (Wildman–Crippen MR) is 88.3 cm³/mol. The summed E-state index contributed by atoms with van der Waals surface area (Å²) in [5.41, 5.74) is 2.89. The van der Waals surface area contributed by atoms with Gasteiger partial charge in [-0.05, 0) is 30.9 Å². The Bertz CT molecular complexity index is 411. The molecular weight excluding hydrogens is 260 g/mol. The maximum Gasteiger partial charge on any atom is 0.0599 e. The molecule has 1 aromatic rings. The number of nitrogens with one attached hydrogen (secondary N) is 1. The Morgan fingerprint density at radius 3 is 2.48 bits per heavy atom. The van der Waals surface area contributed by atoms with Crippen molar-refractivity contribution in [3.63, 3.8) is 0 Å². The first-order valence-electron chi connectivity index (χ1n) is 8.33. The molecule has 3 heteroatoms. The summed E-state index contributed by atoms with van der Waals surface area (Å²) < 4.78 is 5.73. The van der Waals surface area contributed by atoms with Crippen molar-refractivity contribution in [1.82, 2.24) is 10.2 Å². The second-order valence-corrected chi connectivity index (χ2v) is 6.24. The number of piperidine rings is 1. The quantitative estimate of drug-likeness (QED) is 0.834. The Labute approximate surface area is 129 Å². The summed E-state index contributed by atoms with van der Waals surface area (Å²) >= 11 is 0. The molecule has 0 amide bonds. The minimum atomic E-state index is 0.476. The molecule has 0 unspecified atom stereocenters. The van der Waals surface area contributed by atoms with Gasteiger partial charge in [0, 0.05) is 38.8 Å². The molecule has 3 nitrogen and oxygen atoms in total. The number of likely N-dealkylation sites (tertiary alicyclic amines) is 1. The first-order chi connectivity index (χ1) is 10.2. The molecule has 1 aromatic carbocycles. The zero-order chi connectivity index (χ0) is 15.1. The maximum absolute atomic E-state index is 5.73. The lowest BCUT2D eigenvalue weighted by molar-refractivity contribution is 0.0124. The molecule has 2 rings (SSSR count). The number of nitrogens with zero attached hydrogens (tertiary/aromatic N) is 1. The molecule has 1 fully saturated rings. The summed E-state index contributed by atoms with van der Waals surface area (Å²) in [6, 6.07) is 9.34.